The molecule has 1 aromatic heterocycles. The van der Waals surface area contributed by atoms with E-state index in [0.717, 1.165) is 4.68 Å². The fourth-order valence-corrected chi connectivity index (χ4v) is 2.59. The Morgan fingerprint density at radius 3 is 2.05 bits per heavy atom. The van der Waals surface area contributed by atoms with Crippen molar-refractivity contribution in [3.8, 4) is 0 Å². The van der Waals surface area contributed by atoms with Gasteiger partial charge in [-0.05, 0) is 22.4 Å². The third kappa shape index (κ3) is 3.98. The summed E-state index contributed by atoms with van der Waals surface area (Å²) in [5, 5.41) is 3.92. The SMILES string of the molecule is CCc1nn(C)c(CC(=O)C(C(F)(F)F)C(F)(F)F)c1Br. The third-order valence-corrected chi connectivity index (χ3v) is 3.74. The maximum absolute atomic E-state index is 12.5. The third-order valence-electron chi connectivity index (χ3n) is 2.82. The molecular weight excluding hydrogens is 370 g/mol. The topological polar surface area (TPSA) is 34.9 Å². The van der Waals surface area contributed by atoms with E-state index in [4.69, 9.17) is 0 Å². The van der Waals surface area contributed by atoms with Crippen molar-refractivity contribution >= 4 is 21.7 Å². The van der Waals surface area contributed by atoms with E-state index in [1.165, 1.54) is 7.05 Å². The van der Waals surface area contributed by atoms with Crippen molar-refractivity contribution in [2.45, 2.75) is 32.1 Å². The summed E-state index contributed by atoms with van der Waals surface area (Å²) in [5.74, 6) is -5.95. The lowest BCUT2D eigenvalue weighted by Gasteiger charge is -2.21. The highest BCUT2D eigenvalue weighted by Crippen LogP contribution is 2.40. The summed E-state index contributed by atoms with van der Waals surface area (Å²) in [7, 11) is 1.35. The van der Waals surface area contributed by atoms with Crippen LogP contribution in [-0.2, 0) is 24.7 Å². The summed E-state index contributed by atoms with van der Waals surface area (Å²) in [6, 6.07) is 0. The van der Waals surface area contributed by atoms with Crippen LogP contribution in [0.25, 0.3) is 0 Å². The predicted octanol–water partition coefficient (Wildman–Crippen LogP) is 3.60. The number of carbonyl (C=O) groups is 1. The van der Waals surface area contributed by atoms with Gasteiger partial charge in [-0.25, -0.2) is 0 Å². The number of hydrogen-bond donors (Lipinski definition) is 0. The van der Waals surface area contributed by atoms with E-state index in [0.29, 0.717) is 12.1 Å². The highest BCUT2D eigenvalue weighted by atomic mass is 79.9. The first-order chi connectivity index (χ1) is 9.39. The Morgan fingerprint density at radius 2 is 1.71 bits per heavy atom. The molecule has 0 fully saturated rings. The Kier molecular flexibility index (Phi) is 5.12. The fourth-order valence-electron chi connectivity index (χ4n) is 1.83. The maximum Gasteiger partial charge on any atom is 0.407 e. The van der Waals surface area contributed by atoms with Gasteiger partial charge in [0.25, 0.3) is 0 Å². The van der Waals surface area contributed by atoms with E-state index in [1.807, 2.05) is 0 Å². The number of halogens is 7. The van der Waals surface area contributed by atoms with Gasteiger partial charge < -0.3 is 0 Å². The number of nitrogens with zero attached hydrogens (tertiary/aromatic N) is 2. The van der Waals surface area contributed by atoms with Crippen molar-refractivity contribution < 1.29 is 31.1 Å². The molecule has 0 N–H and O–H groups in total. The largest absolute Gasteiger partial charge is 0.407 e. The van der Waals surface area contributed by atoms with Crippen molar-refractivity contribution in [2.75, 3.05) is 0 Å². The Balaban J connectivity index is 3.12. The second-order valence-electron chi connectivity index (χ2n) is 4.34. The zero-order chi connectivity index (χ0) is 16.6. The van der Waals surface area contributed by atoms with Gasteiger partial charge >= 0.3 is 12.4 Å². The van der Waals surface area contributed by atoms with E-state index in [1.54, 1.807) is 6.92 Å². The van der Waals surface area contributed by atoms with Crippen LogP contribution >= 0.6 is 15.9 Å². The van der Waals surface area contributed by atoms with Crippen LogP contribution in [-0.4, -0.2) is 27.9 Å². The summed E-state index contributed by atoms with van der Waals surface area (Å²) in [5.41, 5.74) is 0.436. The first-order valence-corrected chi connectivity index (χ1v) is 6.55. The molecule has 0 spiro atoms. The van der Waals surface area contributed by atoms with Gasteiger partial charge in [-0.2, -0.15) is 31.4 Å². The standard InChI is InChI=1S/C11H11BrF6N2O/c1-3-5-8(12)6(20(2)19-5)4-7(21)9(10(13,14)15)11(16,17)18/h9H,3-4H2,1-2H3. The summed E-state index contributed by atoms with van der Waals surface area (Å²) < 4.78 is 76.2. The van der Waals surface area contributed by atoms with Crippen molar-refractivity contribution in [1.29, 1.82) is 0 Å². The Hall–Kier alpha value is -1.06. The van der Waals surface area contributed by atoms with E-state index in [-0.39, 0.29) is 10.2 Å². The smallest absolute Gasteiger partial charge is 0.298 e. The average molecular weight is 381 g/mol. The Morgan fingerprint density at radius 1 is 1.24 bits per heavy atom. The van der Waals surface area contributed by atoms with Crippen LogP contribution in [0.4, 0.5) is 26.3 Å². The monoisotopic (exact) mass is 380 g/mol. The number of hydrogen-bond acceptors (Lipinski definition) is 2. The van der Waals surface area contributed by atoms with Crippen molar-refractivity contribution in [1.82, 2.24) is 9.78 Å². The number of aromatic nitrogens is 2. The van der Waals surface area contributed by atoms with Gasteiger partial charge in [0.05, 0.1) is 22.3 Å². The van der Waals surface area contributed by atoms with E-state index in [2.05, 4.69) is 21.0 Å². The second-order valence-corrected chi connectivity index (χ2v) is 5.14. The molecule has 0 unspecified atom stereocenters. The first kappa shape index (κ1) is 18.0. The molecule has 1 rings (SSSR count). The van der Waals surface area contributed by atoms with Gasteiger partial charge in [-0.15, -0.1) is 0 Å². The molecule has 3 nitrogen and oxygen atoms in total. The number of rotatable bonds is 4. The zero-order valence-corrected chi connectivity index (χ0v) is 12.5. The minimum atomic E-state index is -5.67. The molecule has 0 saturated heterocycles. The summed E-state index contributed by atoms with van der Waals surface area (Å²) in [4.78, 5) is 11.5. The maximum atomic E-state index is 12.5. The number of Topliss-reactive ketones (excluding diaryl/α,β-unsaturated/α-hetero) is 1. The number of carbonyl (C=O) groups excluding carboxylic acids is 1. The van der Waals surface area contributed by atoms with E-state index in [9.17, 15) is 31.1 Å². The molecule has 0 aliphatic carbocycles. The zero-order valence-electron chi connectivity index (χ0n) is 10.9. The molecule has 120 valence electrons. The molecule has 1 heterocycles. The van der Waals surface area contributed by atoms with Crippen LogP contribution in [0.1, 0.15) is 18.3 Å². The van der Waals surface area contributed by atoms with Crippen LogP contribution in [0.15, 0.2) is 4.47 Å². The molecule has 0 aromatic carbocycles. The minimum Gasteiger partial charge on any atom is -0.298 e. The molecule has 0 radical (unpaired) electrons. The molecule has 0 amide bonds. The van der Waals surface area contributed by atoms with Gasteiger partial charge in [0.1, 0.15) is 0 Å². The van der Waals surface area contributed by atoms with Gasteiger partial charge in [0.15, 0.2) is 5.78 Å². The molecule has 10 heteroatoms. The second kappa shape index (κ2) is 5.98. The summed E-state index contributed by atoms with van der Waals surface area (Å²) in [6.07, 6.45) is -11.9. The van der Waals surface area contributed by atoms with Crippen LogP contribution < -0.4 is 0 Å². The number of ketones is 1. The molecule has 0 bridgehead atoms. The lowest BCUT2D eigenvalue weighted by Crippen LogP contribution is -2.43. The van der Waals surface area contributed by atoms with Crippen molar-refractivity contribution in [3.63, 3.8) is 0 Å². The van der Waals surface area contributed by atoms with Crippen molar-refractivity contribution in [3.05, 3.63) is 15.9 Å². The van der Waals surface area contributed by atoms with Gasteiger partial charge in [-0.1, -0.05) is 6.92 Å². The van der Waals surface area contributed by atoms with Gasteiger partial charge in [0.2, 0.25) is 5.92 Å². The van der Waals surface area contributed by atoms with Crippen LogP contribution in [0, 0.1) is 5.92 Å². The lowest BCUT2D eigenvalue weighted by atomic mass is 9.99. The van der Waals surface area contributed by atoms with E-state index < -0.39 is 30.5 Å². The highest BCUT2D eigenvalue weighted by molar-refractivity contribution is 9.10. The van der Waals surface area contributed by atoms with Gasteiger partial charge in [-0.3, -0.25) is 9.48 Å². The highest BCUT2D eigenvalue weighted by Gasteiger charge is 2.60. The van der Waals surface area contributed by atoms with Crippen LogP contribution in [0.5, 0.6) is 0 Å². The minimum absolute atomic E-state index is 0.0182. The molecule has 1 aromatic rings. The van der Waals surface area contributed by atoms with E-state index >= 15 is 0 Å². The molecule has 21 heavy (non-hydrogen) atoms. The molecule has 0 aliphatic rings. The Labute approximate surface area is 124 Å². The summed E-state index contributed by atoms with van der Waals surface area (Å²) >= 11 is 3.04. The Bertz CT molecular complexity index is 520. The normalized spacial score (nSPS) is 13.0. The number of alkyl halides is 6. The fraction of sp³-hybridized carbons (Fsp3) is 0.636. The first-order valence-electron chi connectivity index (χ1n) is 5.76. The number of aryl methyl sites for hydroxylation is 2. The lowest BCUT2D eigenvalue weighted by molar-refractivity contribution is -0.273. The van der Waals surface area contributed by atoms with Crippen LogP contribution in [0.2, 0.25) is 0 Å². The summed E-state index contributed by atoms with van der Waals surface area (Å²) in [6.45, 7) is 1.72. The van der Waals surface area contributed by atoms with Crippen molar-refractivity contribution in [2.24, 2.45) is 13.0 Å². The molecule has 0 saturated carbocycles. The average Bonchev–Trinajstić information content (AvgIpc) is 2.52. The quantitative estimate of drug-likeness (QED) is 0.748. The predicted molar refractivity (Wildman–Crippen MR) is 64.6 cm³/mol. The van der Waals surface area contributed by atoms with Crippen LogP contribution in [0.3, 0.4) is 0 Å². The van der Waals surface area contributed by atoms with Gasteiger partial charge in [0, 0.05) is 7.05 Å². The molecule has 0 aliphatic heterocycles. The molecule has 0 atom stereocenters. The molecular formula is C11H11BrF6N2O.